The zero-order valence-corrected chi connectivity index (χ0v) is 22.8. The van der Waals surface area contributed by atoms with Crippen LogP contribution >= 0.6 is 11.3 Å². The molecule has 0 bridgehead atoms. The standard InChI is InChI=1S/C30H38N2O4S/c1-18-17-31-29(37-18)32-26(34)11-7-20-16-25(33)30(2)13-12-23-22-10-8-21(36-27-5-3-4-14-35-27)15-19(22)6-9-24(23)28(20)30/h8,10,15,17,20,23-24,27-28H,3-7,9,11-14,16H2,1-2H3,(H,31,32,34). The van der Waals surface area contributed by atoms with E-state index in [0.29, 0.717) is 41.5 Å². The van der Waals surface area contributed by atoms with Gasteiger partial charge in [0, 0.05) is 35.8 Å². The number of nitrogens with one attached hydrogen (secondary N) is 1. The van der Waals surface area contributed by atoms with Crippen molar-refractivity contribution in [2.45, 2.75) is 90.3 Å². The minimum atomic E-state index is -0.242. The molecule has 37 heavy (non-hydrogen) atoms. The van der Waals surface area contributed by atoms with Crippen LogP contribution in [-0.2, 0) is 20.7 Å². The Kier molecular flexibility index (Phi) is 6.87. The summed E-state index contributed by atoms with van der Waals surface area (Å²) in [5, 5.41) is 3.61. The van der Waals surface area contributed by atoms with E-state index in [9.17, 15) is 9.59 Å². The fraction of sp³-hybridized carbons (Fsp3) is 0.633. The average molecular weight is 523 g/mol. The highest BCUT2D eigenvalue weighted by Gasteiger charge is 2.58. The molecule has 2 saturated carbocycles. The molecule has 4 aliphatic rings. The van der Waals surface area contributed by atoms with E-state index >= 15 is 0 Å². The number of nitrogens with zero attached hydrogens (tertiary/aromatic N) is 1. The van der Waals surface area contributed by atoms with Gasteiger partial charge in [0.1, 0.15) is 11.5 Å². The van der Waals surface area contributed by atoms with Crippen LogP contribution in [0.4, 0.5) is 5.13 Å². The third-order valence-corrected chi connectivity index (χ3v) is 10.4. The summed E-state index contributed by atoms with van der Waals surface area (Å²) >= 11 is 1.50. The van der Waals surface area contributed by atoms with Crippen LogP contribution < -0.4 is 10.1 Å². The molecular formula is C30H38N2O4S. The van der Waals surface area contributed by atoms with Crippen LogP contribution in [0.1, 0.15) is 86.6 Å². The molecule has 1 aromatic carbocycles. The van der Waals surface area contributed by atoms with Gasteiger partial charge in [0.15, 0.2) is 11.4 Å². The lowest BCUT2D eigenvalue weighted by Gasteiger charge is -2.50. The van der Waals surface area contributed by atoms with Crippen molar-refractivity contribution >= 4 is 28.2 Å². The number of ketones is 1. The van der Waals surface area contributed by atoms with Crippen molar-refractivity contribution in [1.29, 1.82) is 0 Å². The van der Waals surface area contributed by atoms with Crippen molar-refractivity contribution in [3.05, 3.63) is 40.4 Å². The molecule has 3 fully saturated rings. The van der Waals surface area contributed by atoms with Crippen LogP contribution in [-0.4, -0.2) is 29.6 Å². The molecule has 6 nitrogen and oxygen atoms in total. The molecule has 1 aromatic heterocycles. The van der Waals surface area contributed by atoms with E-state index in [1.165, 1.54) is 22.5 Å². The van der Waals surface area contributed by atoms with E-state index in [2.05, 4.69) is 35.4 Å². The molecule has 198 valence electrons. The molecule has 0 radical (unpaired) electrons. The van der Waals surface area contributed by atoms with Crippen LogP contribution in [0.25, 0.3) is 0 Å². The van der Waals surface area contributed by atoms with Crippen molar-refractivity contribution in [3.8, 4) is 5.75 Å². The van der Waals surface area contributed by atoms with Crippen LogP contribution in [0.3, 0.4) is 0 Å². The summed E-state index contributed by atoms with van der Waals surface area (Å²) in [6, 6.07) is 6.64. The number of benzene rings is 1. The van der Waals surface area contributed by atoms with Gasteiger partial charge in [-0.15, -0.1) is 11.3 Å². The number of carbonyl (C=O) groups excluding carboxylic acids is 2. The first-order chi connectivity index (χ1) is 17.9. The summed E-state index contributed by atoms with van der Waals surface area (Å²) in [6.45, 7) is 4.98. The Morgan fingerprint density at radius 1 is 1.27 bits per heavy atom. The molecule has 3 aliphatic carbocycles. The molecule has 2 heterocycles. The lowest BCUT2D eigenvalue weighted by Crippen LogP contribution is -2.44. The number of ether oxygens (including phenoxy) is 2. The van der Waals surface area contributed by atoms with Gasteiger partial charge in [-0.1, -0.05) is 13.0 Å². The van der Waals surface area contributed by atoms with Gasteiger partial charge in [0.2, 0.25) is 5.91 Å². The second kappa shape index (κ2) is 10.1. The molecule has 2 aromatic rings. The Morgan fingerprint density at radius 3 is 2.95 bits per heavy atom. The molecule has 1 amide bonds. The fourth-order valence-electron chi connectivity index (χ4n) is 7.82. The minimum Gasteiger partial charge on any atom is -0.465 e. The molecule has 7 heteroatoms. The van der Waals surface area contributed by atoms with Gasteiger partial charge >= 0.3 is 0 Å². The first-order valence-electron chi connectivity index (χ1n) is 14.1. The van der Waals surface area contributed by atoms with E-state index < -0.39 is 0 Å². The maximum atomic E-state index is 13.3. The molecule has 6 atom stereocenters. The quantitative estimate of drug-likeness (QED) is 0.473. The second-order valence-corrected chi connectivity index (χ2v) is 13.1. The third-order valence-electron chi connectivity index (χ3n) is 9.56. The van der Waals surface area contributed by atoms with Gasteiger partial charge in [-0.25, -0.2) is 4.98 Å². The van der Waals surface area contributed by atoms with E-state index in [1.807, 2.05) is 6.92 Å². The summed E-state index contributed by atoms with van der Waals surface area (Å²) in [5.74, 6) is 2.96. The van der Waals surface area contributed by atoms with Crippen molar-refractivity contribution in [3.63, 3.8) is 0 Å². The number of aryl methyl sites for hydroxylation is 2. The maximum absolute atomic E-state index is 13.3. The number of Topliss-reactive ketones (excluding diaryl/α,β-unsaturated/α-hetero) is 1. The first kappa shape index (κ1) is 25.1. The molecular weight excluding hydrogens is 484 g/mol. The lowest BCUT2D eigenvalue weighted by atomic mass is 9.54. The van der Waals surface area contributed by atoms with Crippen LogP contribution in [0.15, 0.2) is 24.4 Å². The molecule has 1 N–H and O–H groups in total. The third kappa shape index (κ3) is 4.85. The maximum Gasteiger partial charge on any atom is 0.226 e. The number of rotatable bonds is 6. The van der Waals surface area contributed by atoms with Gasteiger partial charge in [0.05, 0.1) is 6.61 Å². The Labute approximate surface area is 223 Å². The molecule has 1 aliphatic heterocycles. The predicted molar refractivity (Wildman–Crippen MR) is 144 cm³/mol. The van der Waals surface area contributed by atoms with E-state index in [0.717, 1.165) is 68.6 Å². The summed E-state index contributed by atoms with van der Waals surface area (Å²) in [6.07, 6.45) is 10.9. The summed E-state index contributed by atoms with van der Waals surface area (Å²) in [5.41, 5.74) is 2.61. The Balaban J connectivity index is 1.16. The monoisotopic (exact) mass is 522 g/mol. The van der Waals surface area contributed by atoms with Crippen LogP contribution in [0, 0.1) is 30.1 Å². The smallest absolute Gasteiger partial charge is 0.226 e. The summed E-state index contributed by atoms with van der Waals surface area (Å²) in [4.78, 5) is 31.3. The topological polar surface area (TPSA) is 77.5 Å². The lowest BCUT2D eigenvalue weighted by molar-refractivity contribution is -0.129. The Bertz CT molecular complexity index is 1170. The molecule has 6 rings (SSSR count). The van der Waals surface area contributed by atoms with Crippen molar-refractivity contribution in [2.24, 2.45) is 23.2 Å². The molecule has 0 spiro atoms. The zero-order chi connectivity index (χ0) is 25.6. The number of thiazole rings is 1. The number of amides is 1. The van der Waals surface area contributed by atoms with E-state index in [-0.39, 0.29) is 23.5 Å². The highest BCUT2D eigenvalue weighted by molar-refractivity contribution is 7.15. The SMILES string of the molecule is Cc1cnc(NC(=O)CCC2CC(=O)C3(C)CCC4c5ccc(OC6CCCCO6)cc5CCC4C23)s1. The molecule has 1 saturated heterocycles. The van der Waals surface area contributed by atoms with E-state index in [1.54, 1.807) is 6.20 Å². The number of fused-ring (bicyclic) bond motifs is 5. The fourth-order valence-corrected chi connectivity index (χ4v) is 8.50. The Hall–Kier alpha value is -2.25. The largest absolute Gasteiger partial charge is 0.465 e. The van der Waals surface area contributed by atoms with Crippen LogP contribution in [0.2, 0.25) is 0 Å². The van der Waals surface area contributed by atoms with Gasteiger partial charge in [-0.3, -0.25) is 9.59 Å². The highest BCUT2D eigenvalue weighted by atomic mass is 32.1. The van der Waals surface area contributed by atoms with E-state index in [4.69, 9.17) is 9.47 Å². The van der Waals surface area contributed by atoms with Gasteiger partial charge < -0.3 is 14.8 Å². The average Bonchev–Trinajstić information content (AvgIpc) is 3.42. The minimum absolute atomic E-state index is 0.00576. The van der Waals surface area contributed by atoms with Gasteiger partial charge in [-0.2, -0.15) is 0 Å². The van der Waals surface area contributed by atoms with Gasteiger partial charge in [0.25, 0.3) is 0 Å². The number of hydrogen-bond donors (Lipinski definition) is 1. The number of anilines is 1. The number of hydrogen-bond acceptors (Lipinski definition) is 6. The zero-order valence-electron chi connectivity index (χ0n) is 22.0. The highest BCUT2D eigenvalue weighted by Crippen LogP contribution is 2.62. The Morgan fingerprint density at radius 2 is 2.16 bits per heavy atom. The summed E-state index contributed by atoms with van der Waals surface area (Å²) in [7, 11) is 0. The number of aromatic nitrogens is 1. The molecule has 6 unspecified atom stereocenters. The summed E-state index contributed by atoms with van der Waals surface area (Å²) < 4.78 is 11.9. The van der Waals surface area contributed by atoms with Gasteiger partial charge in [-0.05, 0) is 98.8 Å². The van der Waals surface area contributed by atoms with Crippen molar-refractivity contribution in [2.75, 3.05) is 11.9 Å². The number of carbonyl (C=O) groups is 2. The normalized spacial score (nSPS) is 32.8. The predicted octanol–water partition coefficient (Wildman–Crippen LogP) is 6.43. The van der Waals surface area contributed by atoms with Crippen molar-refractivity contribution < 1.29 is 19.1 Å². The van der Waals surface area contributed by atoms with Crippen molar-refractivity contribution in [1.82, 2.24) is 4.98 Å². The second-order valence-electron chi connectivity index (χ2n) is 11.8. The van der Waals surface area contributed by atoms with Crippen LogP contribution in [0.5, 0.6) is 5.75 Å². The first-order valence-corrected chi connectivity index (χ1v) is 14.9.